The van der Waals surface area contributed by atoms with Crippen molar-refractivity contribution < 1.29 is 9.53 Å². The molecule has 0 aliphatic carbocycles. The van der Waals surface area contributed by atoms with E-state index in [-0.39, 0.29) is 12.1 Å². The molecule has 0 unspecified atom stereocenters. The van der Waals surface area contributed by atoms with Crippen LogP contribution in [0.3, 0.4) is 0 Å². The fraction of sp³-hybridized carbons (Fsp3) is 0.421. The summed E-state index contributed by atoms with van der Waals surface area (Å²) in [4.78, 5) is 15.7. The Morgan fingerprint density at radius 1 is 1.28 bits per heavy atom. The van der Waals surface area contributed by atoms with Crippen LogP contribution in [0.15, 0.2) is 36.4 Å². The van der Waals surface area contributed by atoms with Gasteiger partial charge in [0.05, 0.1) is 0 Å². The maximum Gasteiger partial charge on any atom is 0.413 e. The number of piperidine rings is 3. The number of benzene rings is 1. The zero-order valence-corrected chi connectivity index (χ0v) is 14.9. The second kappa shape index (κ2) is 7.15. The first-order valence-electron chi connectivity index (χ1n) is 8.81. The third-order valence-corrected chi connectivity index (χ3v) is 6.19. The molecule has 25 heavy (non-hydrogen) atoms. The fourth-order valence-corrected chi connectivity index (χ4v) is 4.63. The minimum atomic E-state index is -0.345. The Balaban J connectivity index is 1.38. The molecule has 5 nitrogen and oxygen atoms in total. The van der Waals surface area contributed by atoms with Gasteiger partial charge in [0.25, 0.3) is 0 Å². The van der Waals surface area contributed by atoms with E-state index in [1.165, 1.54) is 24.2 Å². The predicted molar refractivity (Wildman–Crippen MR) is 99.8 cm³/mol. The molecule has 0 radical (unpaired) electrons. The largest absolute Gasteiger partial charge is 0.413 e. The van der Waals surface area contributed by atoms with E-state index in [1.807, 2.05) is 30.3 Å². The first kappa shape index (κ1) is 16.6. The van der Waals surface area contributed by atoms with Crippen LogP contribution in [0.1, 0.15) is 18.4 Å². The summed E-state index contributed by atoms with van der Waals surface area (Å²) in [6, 6.07) is 12.2. The second-order valence-electron chi connectivity index (χ2n) is 6.80. The molecular formula is C19H23N3O2S. The molecule has 2 bridgehead atoms. The number of carbonyl (C=O) groups excluding carboxylic acids is 1. The Kier molecular flexibility index (Phi) is 4.74. The maximum absolute atomic E-state index is 12.2. The van der Waals surface area contributed by atoms with Crippen LogP contribution in [0.2, 0.25) is 0 Å². The van der Waals surface area contributed by atoms with Crippen LogP contribution < -0.4 is 15.8 Å². The topological polar surface area (TPSA) is 67.6 Å². The van der Waals surface area contributed by atoms with E-state index >= 15 is 0 Å². The Hall–Kier alpha value is -1.89. The Morgan fingerprint density at radius 2 is 2.12 bits per heavy atom. The summed E-state index contributed by atoms with van der Waals surface area (Å²) in [6.07, 6.45) is 2.00. The summed E-state index contributed by atoms with van der Waals surface area (Å²) >= 11 is 1.48. The molecule has 2 aromatic rings. The lowest BCUT2D eigenvalue weighted by molar-refractivity contribution is 0.0726. The van der Waals surface area contributed by atoms with Gasteiger partial charge in [-0.3, -0.25) is 0 Å². The highest BCUT2D eigenvalue weighted by atomic mass is 32.1. The SMILES string of the molecule is NCc1cccc(-c2ccc(OC(=O)N[C@H]3CN4CCC3CC4)s2)c1. The monoisotopic (exact) mass is 357 g/mol. The van der Waals surface area contributed by atoms with Gasteiger partial charge in [-0.15, -0.1) is 0 Å². The third kappa shape index (κ3) is 3.71. The van der Waals surface area contributed by atoms with Crippen molar-refractivity contribution in [1.82, 2.24) is 10.2 Å². The number of nitrogens with two attached hydrogens (primary N) is 1. The average molecular weight is 357 g/mol. The molecule has 132 valence electrons. The standard InChI is InChI=1S/C19H23N3O2S/c20-11-13-2-1-3-15(10-13)17-4-5-18(25-17)24-19(23)21-16-12-22-8-6-14(16)7-9-22/h1-5,10,14,16H,6-9,11-12,20H2,(H,21,23)/t16-/m0/s1. The van der Waals surface area contributed by atoms with Crippen molar-refractivity contribution in [1.29, 1.82) is 0 Å². The second-order valence-corrected chi connectivity index (χ2v) is 7.85. The molecule has 1 amide bonds. The molecule has 0 saturated carbocycles. The maximum atomic E-state index is 12.2. The molecule has 3 N–H and O–H groups in total. The molecule has 1 atom stereocenters. The van der Waals surface area contributed by atoms with Crippen LogP contribution in [0.4, 0.5) is 4.79 Å². The number of fused-ring (bicyclic) bond motifs is 3. The van der Waals surface area contributed by atoms with Gasteiger partial charge in [-0.25, -0.2) is 4.79 Å². The fourth-order valence-electron chi connectivity index (χ4n) is 3.78. The highest BCUT2D eigenvalue weighted by Crippen LogP contribution is 2.33. The number of rotatable bonds is 4. The molecule has 3 fully saturated rings. The number of carbonyl (C=O) groups is 1. The first-order chi connectivity index (χ1) is 12.2. The van der Waals surface area contributed by atoms with E-state index in [0.29, 0.717) is 17.5 Å². The number of nitrogens with one attached hydrogen (secondary N) is 1. The normalized spacial score (nSPS) is 24.9. The van der Waals surface area contributed by atoms with Crippen molar-refractivity contribution >= 4 is 17.4 Å². The van der Waals surface area contributed by atoms with Crippen molar-refractivity contribution in [3.63, 3.8) is 0 Å². The lowest BCUT2D eigenvalue weighted by Crippen LogP contribution is -2.57. The van der Waals surface area contributed by atoms with Crippen LogP contribution >= 0.6 is 11.3 Å². The van der Waals surface area contributed by atoms with Gasteiger partial charge in [0.15, 0.2) is 5.06 Å². The third-order valence-electron chi connectivity index (χ3n) is 5.18. The summed E-state index contributed by atoms with van der Waals surface area (Å²) in [5.41, 5.74) is 7.89. The van der Waals surface area contributed by atoms with E-state index in [9.17, 15) is 4.79 Å². The van der Waals surface area contributed by atoms with Gasteiger partial charge in [0.2, 0.25) is 0 Å². The van der Waals surface area contributed by atoms with Crippen LogP contribution in [0.5, 0.6) is 5.06 Å². The Morgan fingerprint density at radius 3 is 2.84 bits per heavy atom. The van der Waals surface area contributed by atoms with Gasteiger partial charge in [0.1, 0.15) is 0 Å². The van der Waals surface area contributed by atoms with E-state index in [0.717, 1.165) is 35.6 Å². The highest BCUT2D eigenvalue weighted by Gasteiger charge is 2.35. The quantitative estimate of drug-likeness (QED) is 0.882. The van der Waals surface area contributed by atoms with Crippen molar-refractivity contribution in [2.45, 2.75) is 25.4 Å². The molecule has 3 saturated heterocycles. The minimum absolute atomic E-state index is 0.218. The van der Waals surface area contributed by atoms with Crippen molar-refractivity contribution in [2.24, 2.45) is 11.7 Å². The van der Waals surface area contributed by atoms with Crippen LogP contribution in [0, 0.1) is 5.92 Å². The van der Waals surface area contributed by atoms with Gasteiger partial charge in [-0.2, -0.15) is 0 Å². The van der Waals surface area contributed by atoms with E-state index in [4.69, 9.17) is 10.5 Å². The molecule has 4 heterocycles. The van der Waals surface area contributed by atoms with Gasteiger partial charge in [-0.05, 0) is 61.2 Å². The zero-order valence-electron chi connectivity index (χ0n) is 14.1. The minimum Gasteiger partial charge on any atom is -0.399 e. The average Bonchev–Trinajstić information content (AvgIpc) is 3.11. The summed E-state index contributed by atoms with van der Waals surface area (Å²) in [7, 11) is 0. The smallest absolute Gasteiger partial charge is 0.399 e. The molecule has 3 aliphatic heterocycles. The molecule has 5 rings (SSSR count). The van der Waals surface area contributed by atoms with Crippen molar-refractivity contribution in [3.05, 3.63) is 42.0 Å². The molecule has 1 aromatic heterocycles. The number of hydrogen-bond acceptors (Lipinski definition) is 5. The molecule has 0 spiro atoms. The highest BCUT2D eigenvalue weighted by molar-refractivity contribution is 7.17. The lowest BCUT2D eigenvalue weighted by atomic mass is 9.84. The summed E-state index contributed by atoms with van der Waals surface area (Å²) in [5, 5.41) is 3.67. The van der Waals surface area contributed by atoms with Gasteiger partial charge >= 0.3 is 6.09 Å². The Labute approximate surface area is 151 Å². The molecule has 3 aliphatic rings. The van der Waals surface area contributed by atoms with Gasteiger partial charge in [0, 0.05) is 24.0 Å². The number of hydrogen-bond donors (Lipinski definition) is 2. The van der Waals surface area contributed by atoms with Crippen LogP contribution in [-0.2, 0) is 6.54 Å². The first-order valence-corrected chi connectivity index (χ1v) is 9.63. The van der Waals surface area contributed by atoms with Crippen LogP contribution in [-0.4, -0.2) is 36.7 Å². The van der Waals surface area contributed by atoms with Crippen molar-refractivity contribution in [2.75, 3.05) is 19.6 Å². The van der Waals surface area contributed by atoms with Crippen LogP contribution in [0.25, 0.3) is 10.4 Å². The van der Waals surface area contributed by atoms with Gasteiger partial charge < -0.3 is 20.7 Å². The molecule has 6 heteroatoms. The zero-order chi connectivity index (χ0) is 17.2. The predicted octanol–water partition coefficient (Wildman–Crippen LogP) is 3.06. The number of ether oxygens (including phenoxy) is 1. The molecular weight excluding hydrogens is 334 g/mol. The lowest BCUT2D eigenvalue weighted by Gasteiger charge is -2.44. The van der Waals surface area contributed by atoms with E-state index in [1.54, 1.807) is 0 Å². The van der Waals surface area contributed by atoms with Gasteiger partial charge in [-0.1, -0.05) is 29.5 Å². The summed E-state index contributed by atoms with van der Waals surface area (Å²) in [6.45, 7) is 3.79. The van der Waals surface area contributed by atoms with Crippen molar-refractivity contribution in [3.8, 4) is 15.5 Å². The number of thiophene rings is 1. The van der Waals surface area contributed by atoms with E-state index < -0.39 is 0 Å². The number of nitrogens with zero attached hydrogens (tertiary/aromatic N) is 1. The molecule has 1 aromatic carbocycles. The van der Waals surface area contributed by atoms with E-state index in [2.05, 4.69) is 16.3 Å². The number of amides is 1. The summed E-state index contributed by atoms with van der Waals surface area (Å²) < 4.78 is 5.51. The summed E-state index contributed by atoms with van der Waals surface area (Å²) in [5.74, 6) is 0.593. The Bertz CT molecular complexity index is 753.